The zero-order valence-corrected chi connectivity index (χ0v) is 17.2. The van der Waals surface area contributed by atoms with Gasteiger partial charge >= 0.3 is 7.60 Å². The van der Waals surface area contributed by atoms with Gasteiger partial charge in [0.2, 0.25) is 5.91 Å². The molecule has 0 bridgehead atoms. The minimum absolute atomic E-state index is 0.143. The van der Waals surface area contributed by atoms with Gasteiger partial charge in [0.1, 0.15) is 0 Å². The van der Waals surface area contributed by atoms with Crippen molar-refractivity contribution in [2.45, 2.75) is 19.8 Å². The molecule has 1 amide bonds. The van der Waals surface area contributed by atoms with E-state index in [9.17, 15) is 9.36 Å². The second-order valence-electron chi connectivity index (χ2n) is 6.02. The van der Waals surface area contributed by atoms with Crippen molar-refractivity contribution in [3.63, 3.8) is 0 Å². The van der Waals surface area contributed by atoms with Crippen LogP contribution in [0, 0.1) is 0 Å². The Balaban J connectivity index is 2.05. The third-order valence-electron chi connectivity index (χ3n) is 4.09. The average Bonchev–Trinajstić information content (AvgIpc) is 3.23. The summed E-state index contributed by atoms with van der Waals surface area (Å²) in [7, 11) is -3.81. The molecule has 9 heteroatoms. The topological polar surface area (TPSA) is 95.3 Å². The summed E-state index contributed by atoms with van der Waals surface area (Å²) in [5.41, 5.74) is 1.79. The van der Waals surface area contributed by atoms with Crippen LogP contribution in [-0.4, -0.2) is 34.1 Å². The maximum atomic E-state index is 13.6. The number of nitrogens with zero attached hydrogens (tertiary/aromatic N) is 3. The van der Waals surface area contributed by atoms with Gasteiger partial charge in [0, 0.05) is 11.1 Å². The molecular formula is C20H23N4O4P. The quantitative estimate of drug-likeness (QED) is 0.530. The first-order valence-electron chi connectivity index (χ1n) is 9.29. The number of carbonyl (C=O) groups is 1. The van der Waals surface area contributed by atoms with E-state index in [1.807, 2.05) is 36.4 Å². The molecule has 0 saturated carbocycles. The highest BCUT2D eigenvalue weighted by Gasteiger charge is 2.40. The number of carbonyl (C=O) groups excluding carboxylic acids is 1. The molecule has 0 aliphatic heterocycles. The number of aromatic nitrogens is 3. The molecule has 1 unspecified atom stereocenters. The summed E-state index contributed by atoms with van der Waals surface area (Å²) in [6, 6.07) is 18.0. The van der Waals surface area contributed by atoms with Crippen LogP contribution in [0.4, 0.5) is 0 Å². The van der Waals surface area contributed by atoms with Gasteiger partial charge in [0.05, 0.1) is 25.1 Å². The van der Waals surface area contributed by atoms with Crippen LogP contribution in [0.15, 0.2) is 66.9 Å². The Morgan fingerprint density at radius 3 is 2.21 bits per heavy atom. The Morgan fingerprint density at radius 2 is 1.62 bits per heavy atom. The van der Waals surface area contributed by atoms with Gasteiger partial charge < -0.3 is 14.4 Å². The van der Waals surface area contributed by atoms with Crippen LogP contribution < -0.4 is 5.32 Å². The highest BCUT2D eigenvalue weighted by molar-refractivity contribution is 7.53. The van der Waals surface area contributed by atoms with Gasteiger partial charge in [-0.3, -0.25) is 9.36 Å². The number of benzene rings is 2. The maximum Gasteiger partial charge on any atom is 0.375 e. The van der Waals surface area contributed by atoms with Crippen molar-refractivity contribution in [1.29, 1.82) is 0 Å². The molecule has 0 radical (unpaired) electrons. The monoisotopic (exact) mass is 414 g/mol. The molecule has 1 aromatic heterocycles. The van der Waals surface area contributed by atoms with E-state index in [2.05, 4.69) is 15.6 Å². The number of nitrogens with one attached hydrogen (secondary N) is 1. The second-order valence-corrected chi connectivity index (χ2v) is 8.10. The molecule has 152 valence electrons. The number of amides is 1. The highest BCUT2D eigenvalue weighted by Crippen LogP contribution is 2.58. The molecule has 0 spiro atoms. The summed E-state index contributed by atoms with van der Waals surface area (Å²) >= 11 is 0. The summed E-state index contributed by atoms with van der Waals surface area (Å²) in [6.07, 6.45) is 1.54. The predicted molar refractivity (Wildman–Crippen MR) is 109 cm³/mol. The molecule has 1 atom stereocenters. The minimum Gasteiger partial charge on any atom is -0.320 e. The first kappa shape index (κ1) is 20.9. The zero-order valence-electron chi connectivity index (χ0n) is 16.3. The van der Waals surface area contributed by atoms with Crippen molar-refractivity contribution in [2.75, 3.05) is 13.2 Å². The largest absolute Gasteiger partial charge is 0.375 e. The molecule has 3 aromatic rings. The van der Waals surface area contributed by atoms with Crippen molar-refractivity contribution in [2.24, 2.45) is 0 Å². The highest BCUT2D eigenvalue weighted by atomic mass is 31.2. The van der Waals surface area contributed by atoms with E-state index in [0.717, 1.165) is 5.56 Å². The lowest BCUT2D eigenvalue weighted by Crippen LogP contribution is -2.34. The Labute approximate surface area is 169 Å². The van der Waals surface area contributed by atoms with E-state index in [1.165, 1.54) is 4.68 Å². The third kappa shape index (κ3) is 4.79. The molecule has 3 rings (SSSR count). The van der Waals surface area contributed by atoms with E-state index in [1.54, 1.807) is 44.3 Å². The molecule has 1 N–H and O–H groups in total. The Kier molecular flexibility index (Phi) is 6.93. The maximum absolute atomic E-state index is 13.6. The van der Waals surface area contributed by atoms with Crippen LogP contribution in [0.1, 0.15) is 30.1 Å². The van der Waals surface area contributed by atoms with E-state index >= 15 is 0 Å². The van der Waals surface area contributed by atoms with Crippen LogP contribution in [0.25, 0.3) is 11.3 Å². The first-order chi connectivity index (χ1) is 14.1. The SMILES string of the molecule is CCOP(=O)(OCC)C(NC(=O)c1ccccc1)n1nncc1-c1ccccc1. The fraction of sp³-hybridized carbons (Fsp3) is 0.250. The Bertz CT molecular complexity index is 968. The van der Waals surface area contributed by atoms with Crippen molar-refractivity contribution in [1.82, 2.24) is 20.3 Å². The molecule has 8 nitrogen and oxygen atoms in total. The summed E-state index contributed by atoms with van der Waals surface area (Å²) < 4.78 is 26.0. The van der Waals surface area contributed by atoms with E-state index in [4.69, 9.17) is 9.05 Å². The van der Waals surface area contributed by atoms with Gasteiger partial charge in [-0.2, -0.15) is 0 Å². The lowest BCUT2D eigenvalue weighted by atomic mass is 10.2. The Hall–Kier alpha value is -2.80. The van der Waals surface area contributed by atoms with Crippen molar-refractivity contribution in [3.8, 4) is 11.3 Å². The zero-order chi connectivity index (χ0) is 20.7. The van der Waals surface area contributed by atoms with Crippen molar-refractivity contribution >= 4 is 13.5 Å². The normalized spacial score (nSPS) is 12.5. The van der Waals surface area contributed by atoms with Crippen LogP contribution in [0.5, 0.6) is 0 Å². The number of rotatable bonds is 9. The fourth-order valence-corrected chi connectivity index (χ4v) is 4.63. The minimum atomic E-state index is -3.81. The summed E-state index contributed by atoms with van der Waals surface area (Å²) in [5, 5.41) is 10.8. The van der Waals surface area contributed by atoms with E-state index < -0.39 is 19.4 Å². The standard InChI is InChI=1S/C20H23N4O4P/c1-3-27-29(26,28-4-2)20(22-19(25)17-13-9-6-10-14-17)24-18(15-21-23-24)16-11-7-5-8-12-16/h5-15,20H,3-4H2,1-2H3,(H,22,25). The molecule has 0 aliphatic rings. The molecule has 1 heterocycles. The van der Waals surface area contributed by atoms with Gasteiger partial charge in [-0.25, -0.2) is 4.68 Å². The first-order valence-corrected chi connectivity index (χ1v) is 10.9. The van der Waals surface area contributed by atoms with E-state index in [-0.39, 0.29) is 13.2 Å². The lowest BCUT2D eigenvalue weighted by Gasteiger charge is -2.27. The van der Waals surface area contributed by atoms with Gasteiger partial charge in [-0.1, -0.05) is 53.7 Å². The van der Waals surface area contributed by atoms with Crippen LogP contribution in [0.2, 0.25) is 0 Å². The van der Waals surface area contributed by atoms with Crippen LogP contribution >= 0.6 is 7.60 Å². The van der Waals surface area contributed by atoms with E-state index in [0.29, 0.717) is 11.3 Å². The molecule has 2 aromatic carbocycles. The lowest BCUT2D eigenvalue weighted by molar-refractivity contribution is 0.0918. The predicted octanol–water partition coefficient (Wildman–Crippen LogP) is 4.10. The molecular weight excluding hydrogens is 391 g/mol. The van der Waals surface area contributed by atoms with Gasteiger partial charge in [-0.05, 0) is 26.0 Å². The number of hydrogen-bond acceptors (Lipinski definition) is 6. The second kappa shape index (κ2) is 9.60. The number of hydrogen-bond donors (Lipinski definition) is 1. The van der Waals surface area contributed by atoms with Crippen LogP contribution in [-0.2, 0) is 13.6 Å². The Morgan fingerprint density at radius 1 is 1.03 bits per heavy atom. The summed E-state index contributed by atoms with van der Waals surface area (Å²) in [5.74, 6) is -1.61. The van der Waals surface area contributed by atoms with Crippen LogP contribution in [0.3, 0.4) is 0 Å². The van der Waals surface area contributed by atoms with Gasteiger partial charge in [-0.15, -0.1) is 5.10 Å². The average molecular weight is 414 g/mol. The van der Waals surface area contributed by atoms with Gasteiger partial charge in [0.25, 0.3) is 5.91 Å². The third-order valence-corrected chi connectivity index (χ3v) is 6.27. The summed E-state index contributed by atoms with van der Waals surface area (Å²) in [6.45, 7) is 3.71. The molecule has 0 saturated heterocycles. The smallest absolute Gasteiger partial charge is 0.320 e. The van der Waals surface area contributed by atoms with Crippen molar-refractivity contribution < 1.29 is 18.4 Å². The summed E-state index contributed by atoms with van der Waals surface area (Å²) in [4.78, 5) is 12.8. The van der Waals surface area contributed by atoms with Gasteiger partial charge in [0.15, 0.2) is 0 Å². The molecule has 0 fully saturated rings. The molecule has 0 aliphatic carbocycles. The fourth-order valence-electron chi connectivity index (χ4n) is 2.84. The van der Waals surface area contributed by atoms with Crippen molar-refractivity contribution in [3.05, 3.63) is 72.4 Å². The molecule has 29 heavy (non-hydrogen) atoms.